The Bertz CT molecular complexity index is 732. The average molecular weight is 333 g/mol. The number of esters is 1. The molecule has 0 heterocycles. The highest BCUT2D eigenvalue weighted by atomic mass is 35.5. The molecule has 120 valence electrons. The van der Waals surface area contributed by atoms with Crippen LogP contribution in [0.3, 0.4) is 0 Å². The standard InChI is InChI=1S/C17H17ClN2O3/c1-3-23-16(21)13-6-4-5-7-15(13)20-17(22)19-12-9-8-11(2)14(18)10-12/h4-10H,3H2,1-2H3,(H2,19,20,22). The number of ether oxygens (including phenoxy) is 1. The van der Waals surface area contributed by atoms with Crippen molar-refractivity contribution in [2.24, 2.45) is 0 Å². The second-order valence-corrected chi connectivity index (χ2v) is 5.22. The van der Waals surface area contributed by atoms with Crippen LogP contribution >= 0.6 is 11.6 Å². The van der Waals surface area contributed by atoms with Gasteiger partial charge in [-0.2, -0.15) is 0 Å². The zero-order chi connectivity index (χ0) is 16.8. The lowest BCUT2D eigenvalue weighted by molar-refractivity contribution is 0.0527. The zero-order valence-corrected chi connectivity index (χ0v) is 13.6. The van der Waals surface area contributed by atoms with Gasteiger partial charge in [-0.3, -0.25) is 0 Å². The first kappa shape index (κ1) is 16.8. The van der Waals surface area contributed by atoms with Crippen LogP contribution in [0.25, 0.3) is 0 Å². The minimum atomic E-state index is -0.484. The largest absolute Gasteiger partial charge is 0.462 e. The molecule has 0 saturated carbocycles. The van der Waals surface area contributed by atoms with E-state index >= 15 is 0 Å². The third-order valence-corrected chi connectivity index (χ3v) is 3.51. The molecule has 2 aromatic carbocycles. The number of carbonyl (C=O) groups excluding carboxylic acids is 2. The fourth-order valence-electron chi connectivity index (χ4n) is 1.93. The number of anilines is 2. The first-order valence-electron chi connectivity index (χ1n) is 7.11. The average Bonchev–Trinajstić information content (AvgIpc) is 2.51. The smallest absolute Gasteiger partial charge is 0.340 e. The Morgan fingerprint density at radius 1 is 1.13 bits per heavy atom. The number of carbonyl (C=O) groups is 2. The Morgan fingerprint density at radius 3 is 2.57 bits per heavy atom. The molecule has 0 aromatic heterocycles. The maximum atomic E-state index is 12.1. The number of para-hydroxylation sites is 1. The summed E-state index contributed by atoms with van der Waals surface area (Å²) in [6.07, 6.45) is 0. The second-order valence-electron chi connectivity index (χ2n) is 4.81. The fraction of sp³-hybridized carbons (Fsp3) is 0.176. The van der Waals surface area contributed by atoms with Gasteiger partial charge in [0.25, 0.3) is 0 Å². The molecule has 0 spiro atoms. The summed E-state index contributed by atoms with van der Waals surface area (Å²) in [5.74, 6) is -0.484. The van der Waals surface area contributed by atoms with E-state index in [-0.39, 0.29) is 6.61 Å². The maximum Gasteiger partial charge on any atom is 0.340 e. The number of amides is 2. The molecule has 0 aliphatic rings. The molecule has 0 aliphatic carbocycles. The highest BCUT2D eigenvalue weighted by Gasteiger charge is 2.14. The van der Waals surface area contributed by atoms with E-state index in [1.165, 1.54) is 0 Å². The second kappa shape index (κ2) is 7.65. The molecule has 5 nitrogen and oxygen atoms in total. The van der Waals surface area contributed by atoms with Crippen LogP contribution in [0.5, 0.6) is 0 Å². The molecule has 0 radical (unpaired) electrons. The lowest BCUT2D eigenvalue weighted by Gasteiger charge is -2.11. The molecular formula is C17H17ClN2O3. The summed E-state index contributed by atoms with van der Waals surface area (Å²) in [4.78, 5) is 24.0. The summed E-state index contributed by atoms with van der Waals surface area (Å²) in [5, 5.41) is 5.87. The van der Waals surface area contributed by atoms with Crippen LogP contribution in [-0.2, 0) is 4.74 Å². The lowest BCUT2D eigenvalue weighted by Crippen LogP contribution is -2.21. The normalized spacial score (nSPS) is 10.0. The number of halogens is 1. The minimum absolute atomic E-state index is 0.265. The van der Waals surface area contributed by atoms with E-state index < -0.39 is 12.0 Å². The molecule has 0 bridgehead atoms. The van der Waals surface area contributed by atoms with Crippen molar-refractivity contribution in [3.8, 4) is 0 Å². The van der Waals surface area contributed by atoms with E-state index in [1.807, 2.05) is 13.0 Å². The van der Waals surface area contributed by atoms with E-state index in [4.69, 9.17) is 16.3 Å². The molecule has 2 aromatic rings. The number of urea groups is 1. The van der Waals surface area contributed by atoms with Crippen molar-refractivity contribution in [2.75, 3.05) is 17.2 Å². The van der Waals surface area contributed by atoms with Crippen LogP contribution in [0.2, 0.25) is 5.02 Å². The SMILES string of the molecule is CCOC(=O)c1ccccc1NC(=O)Nc1ccc(C)c(Cl)c1. The monoisotopic (exact) mass is 332 g/mol. The van der Waals surface area contributed by atoms with Crippen LogP contribution in [0.4, 0.5) is 16.2 Å². The Hall–Kier alpha value is -2.53. The molecule has 2 amide bonds. The van der Waals surface area contributed by atoms with Gasteiger partial charge in [0, 0.05) is 10.7 Å². The van der Waals surface area contributed by atoms with Crippen LogP contribution in [0, 0.1) is 6.92 Å². The number of benzene rings is 2. The topological polar surface area (TPSA) is 67.4 Å². The summed E-state index contributed by atoms with van der Waals surface area (Å²) in [7, 11) is 0. The van der Waals surface area contributed by atoms with Gasteiger partial charge in [-0.05, 0) is 43.7 Å². The molecular weight excluding hydrogens is 316 g/mol. The predicted octanol–water partition coefficient (Wildman–Crippen LogP) is 4.47. The van der Waals surface area contributed by atoms with E-state index in [2.05, 4.69) is 10.6 Å². The summed E-state index contributed by atoms with van der Waals surface area (Å²) < 4.78 is 4.97. The molecule has 0 unspecified atom stereocenters. The van der Waals surface area contributed by atoms with Crippen molar-refractivity contribution in [3.05, 3.63) is 58.6 Å². The van der Waals surface area contributed by atoms with Crippen molar-refractivity contribution >= 4 is 35.0 Å². The van der Waals surface area contributed by atoms with Gasteiger partial charge in [-0.15, -0.1) is 0 Å². The highest BCUT2D eigenvalue weighted by molar-refractivity contribution is 6.31. The molecule has 2 N–H and O–H groups in total. The van der Waals surface area contributed by atoms with Gasteiger partial charge in [0.05, 0.1) is 17.9 Å². The highest BCUT2D eigenvalue weighted by Crippen LogP contribution is 2.21. The first-order valence-corrected chi connectivity index (χ1v) is 7.49. The van der Waals surface area contributed by atoms with Crippen molar-refractivity contribution in [1.29, 1.82) is 0 Å². The molecule has 23 heavy (non-hydrogen) atoms. The summed E-state index contributed by atoms with van der Waals surface area (Å²) >= 11 is 6.03. The third kappa shape index (κ3) is 4.47. The van der Waals surface area contributed by atoms with Crippen molar-refractivity contribution in [2.45, 2.75) is 13.8 Å². The van der Waals surface area contributed by atoms with E-state index in [1.54, 1.807) is 43.3 Å². The maximum absolute atomic E-state index is 12.1. The Labute approximate surface area is 139 Å². The van der Waals surface area contributed by atoms with Gasteiger partial charge in [0.2, 0.25) is 0 Å². The molecule has 0 fully saturated rings. The number of hydrogen-bond donors (Lipinski definition) is 2. The first-order chi connectivity index (χ1) is 11.0. The summed E-state index contributed by atoms with van der Waals surface area (Å²) in [6, 6.07) is 11.4. The lowest BCUT2D eigenvalue weighted by atomic mass is 10.2. The number of aryl methyl sites for hydroxylation is 1. The predicted molar refractivity (Wildman–Crippen MR) is 91.2 cm³/mol. The van der Waals surface area contributed by atoms with Crippen molar-refractivity contribution in [1.82, 2.24) is 0 Å². The van der Waals surface area contributed by atoms with Crippen LogP contribution < -0.4 is 10.6 Å². The van der Waals surface area contributed by atoms with E-state index in [0.717, 1.165) is 5.56 Å². The van der Waals surface area contributed by atoms with Gasteiger partial charge in [-0.25, -0.2) is 9.59 Å². The van der Waals surface area contributed by atoms with Gasteiger partial charge in [0.1, 0.15) is 0 Å². The summed E-state index contributed by atoms with van der Waals surface area (Å²) in [6.45, 7) is 3.87. The molecule has 0 saturated heterocycles. The summed E-state index contributed by atoms with van der Waals surface area (Å²) in [5.41, 5.74) is 2.16. The quantitative estimate of drug-likeness (QED) is 0.812. The zero-order valence-electron chi connectivity index (χ0n) is 12.9. The minimum Gasteiger partial charge on any atom is -0.462 e. The van der Waals surface area contributed by atoms with E-state index in [0.29, 0.717) is 22.0 Å². The third-order valence-electron chi connectivity index (χ3n) is 3.10. The number of hydrogen-bond acceptors (Lipinski definition) is 3. The van der Waals surface area contributed by atoms with Crippen LogP contribution in [0.1, 0.15) is 22.8 Å². The van der Waals surface area contributed by atoms with Crippen LogP contribution in [-0.4, -0.2) is 18.6 Å². The molecule has 6 heteroatoms. The van der Waals surface area contributed by atoms with E-state index in [9.17, 15) is 9.59 Å². The molecule has 0 aliphatic heterocycles. The Kier molecular flexibility index (Phi) is 5.60. The Morgan fingerprint density at radius 2 is 1.87 bits per heavy atom. The Balaban J connectivity index is 2.11. The number of rotatable bonds is 4. The van der Waals surface area contributed by atoms with Gasteiger partial charge in [0.15, 0.2) is 0 Å². The number of nitrogens with one attached hydrogen (secondary N) is 2. The van der Waals surface area contributed by atoms with Crippen LogP contribution in [0.15, 0.2) is 42.5 Å². The van der Waals surface area contributed by atoms with Crippen molar-refractivity contribution in [3.63, 3.8) is 0 Å². The van der Waals surface area contributed by atoms with Gasteiger partial charge in [-0.1, -0.05) is 29.8 Å². The fourth-order valence-corrected chi connectivity index (χ4v) is 2.11. The van der Waals surface area contributed by atoms with Gasteiger partial charge >= 0.3 is 12.0 Å². The molecule has 0 atom stereocenters. The van der Waals surface area contributed by atoms with Gasteiger partial charge < -0.3 is 15.4 Å². The molecule has 2 rings (SSSR count). The van der Waals surface area contributed by atoms with Crippen molar-refractivity contribution < 1.29 is 14.3 Å².